The number of aliphatic hydroxyl groups excluding tert-OH is 1. The normalized spacial score (nSPS) is 23.3. The van der Waals surface area contributed by atoms with Gasteiger partial charge >= 0.3 is 0 Å². The number of nitrogens with two attached hydrogens (primary N) is 1. The van der Waals surface area contributed by atoms with E-state index in [1.54, 1.807) is 13.8 Å². The van der Waals surface area contributed by atoms with Crippen molar-refractivity contribution in [2.75, 3.05) is 26.2 Å². The van der Waals surface area contributed by atoms with Crippen molar-refractivity contribution in [1.29, 1.82) is 0 Å². The predicted molar refractivity (Wildman–Crippen MR) is 55.7 cm³/mol. The maximum Gasteiger partial charge on any atom is 0.0605 e. The Kier molecular flexibility index (Phi) is 6.24. The van der Waals surface area contributed by atoms with E-state index in [9.17, 15) is 0 Å². The smallest absolute Gasteiger partial charge is 0.0605 e. The number of nitrogens with one attached hydrogen (secondary N) is 2. The van der Waals surface area contributed by atoms with Gasteiger partial charge in [-0.2, -0.15) is 0 Å². The largest absolute Gasteiger partial charge is 0.394 e. The molecule has 0 aliphatic carbocycles. The van der Waals surface area contributed by atoms with Crippen LogP contribution in [-0.4, -0.2) is 42.9 Å². The van der Waals surface area contributed by atoms with Crippen molar-refractivity contribution in [2.45, 2.75) is 32.4 Å². The summed E-state index contributed by atoms with van der Waals surface area (Å²) in [6, 6.07) is 0.675. The standard InChI is InChI=1S/C5H12N2.C4H11NO/c1-5-4-6-2-3-7-5;1-4(2,5)3-6/h5-7H,2-4H2,1H3;6H,3,5H2,1-2H3. The molecule has 1 rings (SSSR count). The molecule has 5 N–H and O–H groups in total. The molecule has 1 heterocycles. The van der Waals surface area contributed by atoms with Crippen LogP contribution in [0.5, 0.6) is 0 Å². The average molecular weight is 189 g/mol. The number of aliphatic hydroxyl groups is 1. The number of hydrogen-bond acceptors (Lipinski definition) is 4. The molecular weight excluding hydrogens is 166 g/mol. The third kappa shape index (κ3) is 9.76. The highest BCUT2D eigenvalue weighted by Crippen LogP contribution is 1.90. The van der Waals surface area contributed by atoms with Crippen molar-refractivity contribution in [2.24, 2.45) is 5.73 Å². The van der Waals surface area contributed by atoms with Crippen molar-refractivity contribution in [3.8, 4) is 0 Å². The van der Waals surface area contributed by atoms with Gasteiger partial charge in [0.2, 0.25) is 0 Å². The van der Waals surface area contributed by atoms with Crippen LogP contribution in [0.15, 0.2) is 0 Å². The maximum absolute atomic E-state index is 8.28. The molecule has 0 bridgehead atoms. The summed E-state index contributed by atoms with van der Waals surface area (Å²) < 4.78 is 0. The molecule has 1 aliphatic rings. The topological polar surface area (TPSA) is 70.3 Å². The highest BCUT2D eigenvalue weighted by atomic mass is 16.3. The fraction of sp³-hybridized carbons (Fsp3) is 1.00. The molecule has 4 nitrogen and oxygen atoms in total. The zero-order valence-corrected chi connectivity index (χ0v) is 8.93. The lowest BCUT2D eigenvalue weighted by Gasteiger charge is -2.19. The Morgan fingerprint density at radius 1 is 1.46 bits per heavy atom. The van der Waals surface area contributed by atoms with Gasteiger partial charge in [-0.05, 0) is 20.8 Å². The molecule has 1 fully saturated rings. The van der Waals surface area contributed by atoms with E-state index in [1.165, 1.54) is 0 Å². The molecule has 0 aromatic carbocycles. The van der Waals surface area contributed by atoms with E-state index < -0.39 is 5.54 Å². The van der Waals surface area contributed by atoms with Crippen molar-refractivity contribution in [3.05, 3.63) is 0 Å². The van der Waals surface area contributed by atoms with Gasteiger partial charge in [-0.3, -0.25) is 0 Å². The monoisotopic (exact) mass is 189 g/mol. The summed E-state index contributed by atoms with van der Waals surface area (Å²) in [7, 11) is 0. The summed E-state index contributed by atoms with van der Waals surface area (Å²) in [5.74, 6) is 0. The minimum Gasteiger partial charge on any atom is -0.394 e. The van der Waals surface area contributed by atoms with Crippen LogP contribution < -0.4 is 16.4 Å². The molecule has 1 unspecified atom stereocenters. The van der Waals surface area contributed by atoms with Gasteiger partial charge in [0.1, 0.15) is 0 Å². The number of piperazine rings is 1. The van der Waals surface area contributed by atoms with Crippen LogP contribution in [0.1, 0.15) is 20.8 Å². The van der Waals surface area contributed by atoms with Crippen LogP contribution in [0.25, 0.3) is 0 Å². The summed E-state index contributed by atoms with van der Waals surface area (Å²) in [5.41, 5.74) is 4.88. The minimum atomic E-state index is -0.403. The first-order chi connectivity index (χ1) is 5.95. The molecule has 1 atom stereocenters. The quantitative estimate of drug-likeness (QED) is 0.439. The third-order valence-electron chi connectivity index (χ3n) is 1.65. The van der Waals surface area contributed by atoms with Gasteiger partial charge in [0.05, 0.1) is 6.61 Å². The van der Waals surface area contributed by atoms with E-state index in [0.29, 0.717) is 6.04 Å². The van der Waals surface area contributed by atoms with Crippen molar-refractivity contribution >= 4 is 0 Å². The molecule has 4 heteroatoms. The molecule has 0 radical (unpaired) electrons. The second kappa shape index (κ2) is 6.32. The van der Waals surface area contributed by atoms with E-state index in [0.717, 1.165) is 19.6 Å². The van der Waals surface area contributed by atoms with Crippen LogP contribution in [0.4, 0.5) is 0 Å². The molecule has 1 aliphatic heterocycles. The predicted octanol–water partition coefficient (Wildman–Crippen LogP) is -0.716. The first kappa shape index (κ1) is 12.8. The van der Waals surface area contributed by atoms with Crippen LogP contribution >= 0.6 is 0 Å². The first-order valence-electron chi connectivity index (χ1n) is 4.79. The Morgan fingerprint density at radius 2 is 2.00 bits per heavy atom. The first-order valence-corrected chi connectivity index (χ1v) is 4.79. The minimum absolute atomic E-state index is 0.0486. The summed E-state index contributed by atoms with van der Waals surface area (Å²) in [6.45, 7) is 9.16. The molecule has 0 amide bonds. The van der Waals surface area contributed by atoms with Crippen LogP contribution in [0, 0.1) is 0 Å². The fourth-order valence-corrected chi connectivity index (χ4v) is 0.798. The Hall–Kier alpha value is -0.160. The molecular formula is C9H23N3O. The molecule has 13 heavy (non-hydrogen) atoms. The molecule has 1 saturated heterocycles. The van der Waals surface area contributed by atoms with Gasteiger partial charge in [0, 0.05) is 31.2 Å². The SMILES string of the molecule is CC(C)(N)CO.CC1CNCCN1. The third-order valence-corrected chi connectivity index (χ3v) is 1.65. The van der Waals surface area contributed by atoms with E-state index in [1.807, 2.05) is 0 Å². The van der Waals surface area contributed by atoms with Crippen LogP contribution in [0.3, 0.4) is 0 Å². The average Bonchev–Trinajstić information content (AvgIpc) is 2.06. The van der Waals surface area contributed by atoms with Gasteiger partial charge < -0.3 is 21.5 Å². The molecule has 0 saturated carbocycles. The summed E-state index contributed by atoms with van der Waals surface area (Å²) >= 11 is 0. The van der Waals surface area contributed by atoms with Gasteiger partial charge in [-0.25, -0.2) is 0 Å². The van der Waals surface area contributed by atoms with Crippen LogP contribution in [-0.2, 0) is 0 Å². The summed E-state index contributed by atoms with van der Waals surface area (Å²) in [4.78, 5) is 0. The zero-order chi connectivity index (χ0) is 10.3. The molecule has 0 aromatic rings. The highest BCUT2D eigenvalue weighted by Gasteiger charge is 2.05. The lowest BCUT2D eigenvalue weighted by Crippen LogP contribution is -2.46. The van der Waals surface area contributed by atoms with E-state index in [4.69, 9.17) is 10.8 Å². The second-order valence-corrected chi connectivity index (χ2v) is 4.21. The molecule has 0 aromatic heterocycles. The van der Waals surface area contributed by atoms with Gasteiger partial charge in [-0.1, -0.05) is 0 Å². The molecule has 0 spiro atoms. The number of rotatable bonds is 1. The van der Waals surface area contributed by atoms with Crippen LogP contribution in [0.2, 0.25) is 0 Å². The van der Waals surface area contributed by atoms with Crippen molar-refractivity contribution in [1.82, 2.24) is 10.6 Å². The van der Waals surface area contributed by atoms with Gasteiger partial charge in [0.15, 0.2) is 0 Å². The fourth-order valence-electron chi connectivity index (χ4n) is 0.798. The Balaban J connectivity index is 0.000000226. The summed E-state index contributed by atoms with van der Waals surface area (Å²) in [5, 5.41) is 14.9. The van der Waals surface area contributed by atoms with Crippen molar-refractivity contribution < 1.29 is 5.11 Å². The Labute approximate surface area is 80.9 Å². The lowest BCUT2D eigenvalue weighted by molar-refractivity contribution is 0.221. The van der Waals surface area contributed by atoms with E-state index in [-0.39, 0.29) is 6.61 Å². The zero-order valence-electron chi connectivity index (χ0n) is 8.93. The lowest BCUT2D eigenvalue weighted by atomic mass is 10.1. The maximum atomic E-state index is 8.28. The second-order valence-electron chi connectivity index (χ2n) is 4.21. The van der Waals surface area contributed by atoms with E-state index in [2.05, 4.69) is 17.6 Å². The summed E-state index contributed by atoms with van der Waals surface area (Å²) in [6.07, 6.45) is 0. The van der Waals surface area contributed by atoms with Gasteiger partial charge in [-0.15, -0.1) is 0 Å². The van der Waals surface area contributed by atoms with Crippen molar-refractivity contribution in [3.63, 3.8) is 0 Å². The van der Waals surface area contributed by atoms with E-state index >= 15 is 0 Å². The highest BCUT2D eigenvalue weighted by molar-refractivity contribution is 4.69. The Morgan fingerprint density at radius 3 is 2.15 bits per heavy atom. The molecule has 80 valence electrons. The van der Waals surface area contributed by atoms with Gasteiger partial charge in [0.25, 0.3) is 0 Å². The number of hydrogen-bond donors (Lipinski definition) is 4. The Bertz CT molecular complexity index is 117.